The Bertz CT molecular complexity index is 352. The van der Waals surface area contributed by atoms with Crippen LogP contribution < -0.4 is 0 Å². The monoisotopic (exact) mass is 282 g/mol. The second-order valence-corrected chi connectivity index (χ2v) is 3.81. The van der Waals surface area contributed by atoms with E-state index in [9.17, 15) is 9.90 Å². The molecule has 70 valence electrons. The van der Waals surface area contributed by atoms with Gasteiger partial charge < -0.3 is 5.11 Å². The van der Waals surface area contributed by atoms with E-state index in [-0.39, 0.29) is 28.0 Å². The van der Waals surface area contributed by atoms with Crippen LogP contribution in [0.1, 0.15) is 10.4 Å². The Balaban J connectivity index is 3.26. The summed E-state index contributed by atoms with van der Waals surface area (Å²) in [6, 6.07) is 3.05. The number of phenolic OH excluding ortho intramolecular Hbond substituents is 1. The molecule has 0 fully saturated rings. The zero-order valence-corrected chi connectivity index (χ0v) is 9.45. The van der Waals surface area contributed by atoms with Gasteiger partial charge in [0.25, 0.3) is 0 Å². The summed E-state index contributed by atoms with van der Waals surface area (Å²) in [5.41, 5.74) is 0.142. The summed E-state index contributed by atoms with van der Waals surface area (Å²) in [5, 5.41) is 9.56. The third-order valence-electron chi connectivity index (χ3n) is 1.49. The lowest BCUT2D eigenvalue weighted by Crippen LogP contribution is -2.00. The molecule has 0 aliphatic carbocycles. The van der Waals surface area contributed by atoms with Gasteiger partial charge in [0.15, 0.2) is 5.78 Å². The summed E-state index contributed by atoms with van der Waals surface area (Å²) >= 11 is 14.1. The third kappa shape index (κ3) is 2.16. The van der Waals surface area contributed by atoms with Crippen molar-refractivity contribution >= 4 is 44.9 Å². The molecule has 13 heavy (non-hydrogen) atoms. The lowest BCUT2D eigenvalue weighted by Gasteiger charge is -2.04. The minimum Gasteiger partial charge on any atom is -0.506 e. The Hall–Kier alpha value is -0.250. The zero-order chi connectivity index (χ0) is 10.0. The fourth-order valence-corrected chi connectivity index (χ4v) is 1.47. The first-order chi connectivity index (χ1) is 6.07. The van der Waals surface area contributed by atoms with E-state index in [0.717, 1.165) is 0 Å². The normalized spacial score (nSPS) is 10.1. The summed E-state index contributed by atoms with van der Waals surface area (Å²) in [5.74, 6) is -0.763. The Labute approximate surface area is 93.6 Å². The first kappa shape index (κ1) is 10.8. The Morgan fingerprint density at radius 2 is 2.15 bits per heavy atom. The minimum absolute atomic E-state index is 0.121. The highest BCUT2D eigenvalue weighted by Crippen LogP contribution is 2.34. The number of phenols is 1. The summed E-state index contributed by atoms with van der Waals surface area (Å²) in [4.78, 5) is 11.1. The van der Waals surface area contributed by atoms with Crippen molar-refractivity contribution in [3.63, 3.8) is 0 Å². The van der Waals surface area contributed by atoms with Crippen molar-refractivity contribution in [3.05, 3.63) is 27.2 Å². The summed E-state index contributed by atoms with van der Waals surface area (Å²) in [7, 11) is 0. The second kappa shape index (κ2) is 4.31. The lowest BCUT2D eigenvalue weighted by atomic mass is 10.1. The number of Topliss-reactive ketones (excluding diaryl/α,β-unsaturated/α-hetero) is 1. The largest absolute Gasteiger partial charge is 0.506 e. The van der Waals surface area contributed by atoms with Crippen LogP contribution in [-0.2, 0) is 0 Å². The number of carbonyl (C=O) groups excluding carboxylic acids is 1. The van der Waals surface area contributed by atoms with E-state index >= 15 is 0 Å². The van der Waals surface area contributed by atoms with Gasteiger partial charge in [0.2, 0.25) is 0 Å². The molecule has 1 aromatic rings. The van der Waals surface area contributed by atoms with Gasteiger partial charge in [0, 0.05) is 4.47 Å². The fraction of sp³-hybridized carbons (Fsp3) is 0.125. The summed E-state index contributed by atoms with van der Waals surface area (Å²) in [6.45, 7) is 0. The van der Waals surface area contributed by atoms with Gasteiger partial charge in [-0.15, -0.1) is 11.6 Å². The van der Waals surface area contributed by atoms with Crippen molar-refractivity contribution in [1.82, 2.24) is 0 Å². The summed E-state index contributed by atoms with van der Waals surface area (Å²) < 4.78 is 0.540. The van der Waals surface area contributed by atoms with E-state index in [0.29, 0.717) is 4.47 Å². The molecule has 0 bridgehead atoms. The molecule has 0 aliphatic rings. The number of halogens is 3. The molecular formula is C8H5BrCl2O2. The molecule has 0 spiro atoms. The highest BCUT2D eigenvalue weighted by molar-refractivity contribution is 9.10. The number of hydrogen-bond donors (Lipinski definition) is 1. The maximum Gasteiger partial charge on any atom is 0.181 e. The molecule has 0 saturated carbocycles. The molecule has 2 nitrogen and oxygen atoms in total. The van der Waals surface area contributed by atoms with E-state index in [1.807, 2.05) is 0 Å². The van der Waals surface area contributed by atoms with Crippen molar-refractivity contribution in [2.24, 2.45) is 0 Å². The topological polar surface area (TPSA) is 37.3 Å². The molecule has 0 saturated heterocycles. The van der Waals surface area contributed by atoms with E-state index in [1.165, 1.54) is 6.07 Å². The molecule has 0 unspecified atom stereocenters. The summed E-state index contributed by atoms with van der Waals surface area (Å²) in [6.07, 6.45) is 0. The first-order valence-corrected chi connectivity index (χ1v) is 5.04. The maximum absolute atomic E-state index is 11.1. The molecule has 5 heteroatoms. The average Bonchev–Trinajstić information content (AvgIpc) is 2.13. The van der Waals surface area contributed by atoms with Gasteiger partial charge in [-0.1, -0.05) is 11.6 Å². The quantitative estimate of drug-likeness (QED) is 0.668. The highest BCUT2D eigenvalue weighted by Gasteiger charge is 2.14. The van der Waals surface area contributed by atoms with Crippen LogP contribution in [0.5, 0.6) is 5.75 Å². The maximum atomic E-state index is 11.1. The van der Waals surface area contributed by atoms with Gasteiger partial charge in [-0.05, 0) is 28.1 Å². The van der Waals surface area contributed by atoms with Crippen molar-refractivity contribution in [3.8, 4) is 5.75 Å². The fourth-order valence-electron chi connectivity index (χ4n) is 0.837. The molecule has 0 amide bonds. The standard InChI is InChI=1S/C8H5BrCl2O2/c9-5-2-1-4(6(12)3-10)8(13)7(5)11/h1-2,13H,3H2. The van der Waals surface area contributed by atoms with Gasteiger partial charge in [-0.25, -0.2) is 0 Å². The van der Waals surface area contributed by atoms with Gasteiger partial charge in [-0.2, -0.15) is 0 Å². The van der Waals surface area contributed by atoms with Crippen LogP contribution in [0.2, 0.25) is 5.02 Å². The van der Waals surface area contributed by atoms with Gasteiger partial charge >= 0.3 is 0 Å². The smallest absolute Gasteiger partial charge is 0.181 e. The van der Waals surface area contributed by atoms with E-state index in [2.05, 4.69) is 15.9 Å². The van der Waals surface area contributed by atoms with Gasteiger partial charge in [0.05, 0.1) is 16.5 Å². The number of ketones is 1. The Morgan fingerprint density at radius 1 is 1.54 bits per heavy atom. The van der Waals surface area contributed by atoms with Crippen molar-refractivity contribution in [2.45, 2.75) is 0 Å². The SMILES string of the molecule is O=C(CCl)c1ccc(Br)c(Cl)c1O. The van der Waals surface area contributed by atoms with Crippen molar-refractivity contribution < 1.29 is 9.90 Å². The predicted molar refractivity (Wildman–Crippen MR) is 55.9 cm³/mol. The molecule has 1 aromatic carbocycles. The molecule has 0 aromatic heterocycles. The Kier molecular flexibility index (Phi) is 3.59. The van der Waals surface area contributed by atoms with Gasteiger partial charge in [0.1, 0.15) is 5.75 Å². The van der Waals surface area contributed by atoms with Crippen LogP contribution in [0.4, 0.5) is 0 Å². The molecule has 0 atom stereocenters. The van der Waals surface area contributed by atoms with Crippen LogP contribution in [0.15, 0.2) is 16.6 Å². The van der Waals surface area contributed by atoms with Crippen LogP contribution in [0.25, 0.3) is 0 Å². The van der Waals surface area contributed by atoms with Crippen LogP contribution in [-0.4, -0.2) is 16.8 Å². The third-order valence-corrected chi connectivity index (χ3v) is 3.01. The molecule has 0 aliphatic heterocycles. The number of rotatable bonds is 2. The zero-order valence-electron chi connectivity index (χ0n) is 6.35. The number of carbonyl (C=O) groups is 1. The Morgan fingerprint density at radius 3 is 2.69 bits per heavy atom. The second-order valence-electron chi connectivity index (χ2n) is 2.31. The number of alkyl halides is 1. The molecule has 0 radical (unpaired) electrons. The van der Waals surface area contributed by atoms with Crippen molar-refractivity contribution in [2.75, 3.05) is 5.88 Å². The number of aromatic hydroxyl groups is 1. The highest BCUT2D eigenvalue weighted by atomic mass is 79.9. The first-order valence-electron chi connectivity index (χ1n) is 3.34. The van der Waals surface area contributed by atoms with Crippen molar-refractivity contribution in [1.29, 1.82) is 0 Å². The number of hydrogen-bond acceptors (Lipinski definition) is 2. The van der Waals surface area contributed by atoms with E-state index in [1.54, 1.807) is 6.07 Å². The molecule has 1 N–H and O–H groups in total. The predicted octanol–water partition coefficient (Wildman–Crippen LogP) is 3.23. The minimum atomic E-state index is -0.353. The molecule has 1 rings (SSSR count). The van der Waals surface area contributed by atoms with E-state index < -0.39 is 0 Å². The average molecular weight is 284 g/mol. The molecular weight excluding hydrogens is 279 g/mol. The van der Waals surface area contributed by atoms with Crippen LogP contribution in [0.3, 0.4) is 0 Å². The van der Waals surface area contributed by atoms with Gasteiger partial charge in [-0.3, -0.25) is 4.79 Å². The van der Waals surface area contributed by atoms with Crippen LogP contribution in [0, 0.1) is 0 Å². The van der Waals surface area contributed by atoms with E-state index in [4.69, 9.17) is 23.2 Å². The number of benzene rings is 1. The van der Waals surface area contributed by atoms with Crippen LogP contribution >= 0.6 is 39.1 Å². The lowest BCUT2D eigenvalue weighted by molar-refractivity contribution is 0.101. The molecule has 0 heterocycles.